The van der Waals surface area contributed by atoms with Crippen LogP contribution in [0.15, 0.2) is 18.2 Å². The van der Waals surface area contributed by atoms with Crippen molar-refractivity contribution in [2.45, 2.75) is 20.3 Å². The summed E-state index contributed by atoms with van der Waals surface area (Å²) < 4.78 is 0. The molecule has 0 radical (unpaired) electrons. The number of non-ortho nitro benzene ring substituents is 1. The second-order valence-electron chi connectivity index (χ2n) is 5.70. The Morgan fingerprint density at radius 1 is 1.43 bits per heavy atom. The highest BCUT2D eigenvalue weighted by Gasteiger charge is 2.24. The van der Waals surface area contributed by atoms with Gasteiger partial charge in [-0.15, -0.1) is 0 Å². The predicted molar refractivity (Wildman–Crippen MR) is 88.8 cm³/mol. The van der Waals surface area contributed by atoms with Crippen LogP contribution >= 0.6 is 23.8 Å². The smallest absolute Gasteiger partial charge is 0.271 e. The van der Waals surface area contributed by atoms with Crippen molar-refractivity contribution in [1.29, 1.82) is 0 Å². The predicted octanol–water partition coefficient (Wildman–Crippen LogP) is 3.92. The van der Waals surface area contributed by atoms with Crippen molar-refractivity contribution in [3.05, 3.63) is 33.3 Å². The maximum atomic E-state index is 10.8. The first kappa shape index (κ1) is 16.0. The number of nitro benzene ring substituents is 1. The molecule has 2 rings (SSSR count). The summed E-state index contributed by atoms with van der Waals surface area (Å²) in [6.07, 6.45) is 1.19. The molecular formula is C14H18ClN3O2S. The van der Waals surface area contributed by atoms with Crippen LogP contribution in [0.4, 0.5) is 11.4 Å². The maximum absolute atomic E-state index is 10.8. The van der Waals surface area contributed by atoms with E-state index in [0.717, 1.165) is 13.1 Å². The SMILES string of the molecule is C[C@@H]1C[C@H](C)CN(C(=S)Nc2cc([N+](=O)[O-])ccc2Cl)C1. The Labute approximate surface area is 134 Å². The Balaban J connectivity index is 2.12. The summed E-state index contributed by atoms with van der Waals surface area (Å²) in [5.74, 6) is 1.16. The van der Waals surface area contributed by atoms with Gasteiger partial charge in [0.15, 0.2) is 5.11 Å². The zero-order chi connectivity index (χ0) is 15.6. The van der Waals surface area contributed by atoms with Gasteiger partial charge in [0.05, 0.1) is 15.6 Å². The molecule has 1 aromatic carbocycles. The lowest BCUT2D eigenvalue weighted by molar-refractivity contribution is -0.384. The molecule has 0 aromatic heterocycles. The van der Waals surface area contributed by atoms with Crippen molar-refractivity contribution in [2.24, 2.45) is 11.8 Å². The number of rotatable bonds is 2. The molecule has 1 saturated heterocycles. The number of nitrogens with zero attached hydrogens (tertiary/aromatic N) is 2. The molecule has 0 spiro atoms. The minimum atomic E-state index is -0.449. The summed E-state index contributed by atoms with van der Waals surface area (Å²) in [6.45, 7) is 6.18. The minimum Gasteiger partial charge on any atom is -0.348 e. The van der Waals surface area contributed by atoms with Gasteiger partial charge in [0, 0.05) is 25.2 Å². The van der Waals surface area contributed by atoms with Crippen LogP contribution in [0.1, 0.15) is 20.3 Å². The number of hydrogen-bond donors (Lipinski definition) is 1. The largest absolute Gasteiger partial charge is 0.348 e. The standard InChI is InChI=1S/C14H18ClN3O2S/c1-9-5-10(2)8-17(7-9)14(21)16-13-6-11(18(19)20)3-4-12(13)15/h3-4,6,9-10H,5,7-8H2,1-2H3,(H,16,21)/t9-,10+. The molecule has 1 aliphatic rings. The van der Waals surface area contributed by atoms with Crippen molar-refractivity contribution in [3.8, 4) is 0 Å². The molecule has 0 bridgehead atoms. The van der Waals surface area contributed by atoms with E-state index in [1.54, 1.807) is 0 Å². The average molecular weight is 328 g/mol. The first-order valence-corrected chi connectivity index (χ1v) is 7.65. The van der Waals surface area contributed by atoms with E-state index in [1.807, 2.05) is 0 Å². The van der Waals surface area contributed by atoms with E-state index in [-0.39, 0.29) is 5.69 Å². The number of piperidine rings is 1. The second-order valence-corrected chi connectivity index (χ2v) is 6.50. The van der Waals surface area contributed by atoms with Crippen LogP contribution in [0.3, 0.4) is 0 Å². The lowest BCUT2D eigenvalue weighted by atomic mass is 9.92. The molecule has 1 fully saturated rings. The Kier molecular flexibility index (Phi) is 5.00. The summed E-state index contributed by atoms with van der Waals surface area (Å²) in [5, 5.41) is 14.8. The number of likely N-dealkylation sites (tertiary alicyclic amines) is 1. The monoisotopic (exact) mass is 327 g/mol. The summed E-state index contributed by atoms with van der Waals surface area (Å²) in [6, 6.07) is 4.29. The fourth-order valence-corrected chi connectivity index (χ4v) is 3.17. The summed E-state index contributed by atoms with van der Waals surface area (Å²) >= 11 is 11.5. The molecule has 1 aliphatic heterocycles. The van der Waals surface area contributed by atoms with Crippen molar-refractivity contribution >= 4 is 40.3 Å². The quantitative estimate of drug-likeness (QED) is 0.507. The summed E-state index contributed by atoms with van der Waals surface area (Å²) in [7, 11) is 0. The Morgan fingerprint density at radius 3 is 2.62 bits per heavy atom. The zero-order valence-electron chi connectivity index (χ0n) is 12.0. The van der Waals surface area contributed by atoms with Gasteiger partial charge >= 0.3 is 0 Å². The number of halogens is 1. The van der Waals surface area contributed by atoms with Crippen LogP contribution in [-0.2, 0) is 0 Å². The molecule has 0 saturated carbocycles. The number of nitro groups is 1. The van der Waals surface area contributed by atoms with Crippen LogP contribution in [0.2, 0.25) is 5.02 Å². The minimum absolute atomic E-state index is 0.00918. The van der Waals surface area contributed by atoms with Gasteiger partial charge < -0.3 is 10.2 Å². The molecule has 2 atom stereocenters. The van der Waals surface area contributed by atoms with Crippen molar-refractivity contribution in [2.75, 3.05) is 18.4 Å². The fraction of sp³-hybridized carbons (Fsp3) is 0.500. The summed E-state index contributed by atoms with van der Waals surface area (Å²) in [5.41, 5.74) is 0.465. The molecule has 21 heavy (non-hydrogen) atoms. The van der Waals surface area contributed by atoms with Gasteiger partial charge in [-0.05, 0) is 36.5 Å². The van der Waals surface area contributed by atoms with Crippen LogP contribution < -0.4 is 5.32 Å². The molecule has 5 nitrogen and oxygen atoms in total. The first-order chi connectivity index (χ1) is 9.86. The van der Waals surface area contributed by atoms with E-state index in [0.29, 0.717) is 27.7 Å². The highest BCUT2D eigenvalue weighted by Crippen LogP contribution is 2.28. The first-order valence-electron chi connectivity index (χ1n) is 6.86. The number of benzene rings is 1. The normalized spacial score (nSPS) is 22.0. The van der Waals surface area contributed by atoms with Gasteiger partial charge in [-0.3, -0.25) is 10.1 Å². The highest BCUT2D eigenvalue weighted by atomic mass is 35.5. The molecule has 1 aromatic rings. The van der Waals surface area contributed by atoms with E-state index in [9.17, 15) is 10.1 Å². The second kappa shape index (κ2) is 6.58. The Morgan fingerprint density at radius 2 is 2.05 bits per heavy atom. The lowest BCUT2D eigenvalue weighted by Crippen LogP contribution is -2.44. The molecule has 7 heteroatoms. The topological polar surface area (TPSA) is 58.4 Å². The Hall–Kier alpha value is -1.40. The van der Waals surface area contributed by atoms with E-state index < -0.39 is 4.92 Å². The van der Waals surface area contributed by atoms with Gasteiger partial charge in [-0.1, -0.05) is 25.4 Å². The highest BCUT2D eigenvalue weighted by molar-refractivity contribution is 7.80. The number of hydrogen-bond acceptors (Lipinski definition) is 3. The van der Waals surface area contributed by atoms with E-state index in [4.69, 9.17) is 23.8 Å². The van der Waals surface area contributed by atoms with Crippen LogP contribution in [0.25, 0.3) is 0 Å². The number of thiocarbonyl (C=S) groups is 1. The van der Waals surface area contributed by atoms with Crippen molar-refractivity contribution in [3.63, 3.8) is 0 Å². The van der Waals surface area contributed by atoms with Gasteiger partial charge in [0.1, 0.15) is 0 Å². The van der Waals surface area contributed by atoms with Gasteiger partial charge in [0.2, 0.25) is 0 Å². The van der Waals surface area contributed by atoms with Crippen molar-refractivity contribution < 1.29 is 4.92 Å². The third-order valence-corrected chi connectivity index (χ3v) is 4.25. The van der Waals surface area contributed by atoms with Gasteiger partial charge in [0.25, 0.3) is 5.69 Å². The van der Waals surface area contributed by atoms with Crippen LogP contribution in [0.5, 0.6) is 0 Å². The van der Waals surface area contributed by atoms with Crippen LogP contribution in [0, 0.1) is 22.0 Å². The Bertz CT molecular complexity index is 557. The molecule has 1 heterocycles. The van der Waals surface area contributed by atoms with E-state index in [1.165, 1.54) is 24.6 Å². The molecule has 114 valence electrons. The molecule has 0 unspecified atom stereocenters. The number of nitrogens with one attached hydrogen (secondary N) is 1. The molecule has 1 N–H and O–H groups in total. The molecular weight excluding hydrogens is 310 g/mol. The van der Waals surface area contributed by atoms with Gasteiger partial charge in [-0.2, -0.15) is 0 Å². The number of anilines is 1. The van der Waals surface area contributed by atoms with Gasteiger partial charge in [-0.25, -0.2) is 0 Å². The van der Waals surface area contributed by atoms with E-state index >= 15 is 0 Å². The van der Waals surface area contributed by atoms with Crippen LogP contribution in [-0.4, -0.2) is 28.0 Å². The zero-order valence-corrected chi connectivity index (χ0v) is 13.6. The maximum Gasteiger partial charge on any atom is 0.271 e. The van der Waals surface area contributed by atoms with Crippen molar-refractivity contribution in [1.82, 2.24) is 4.90 Å². The average Bonchev–Trinajstić information content (AvgIpc) is 2.39. The molecule has 0 amide bonds. The molecule has 0 aliphatic carbocycles. The third-order valence-electron chi connectivity index (χ3n) is 3.56. The summed E-state index contributed by atoms with van der Waals surface area (Å²) in [4.78, 5) is 12.5. The lowest BCUT2D eigenvalue weighted by Gasteiger charge is -2.36. The fourth-order valence-electron chi connectivity index (χ4n) is 2.75. The van der Waals surface area contributed by atoms with E-state index in [2.05, 4.69) is 24.1 Å². The third kappa shape index (κ3) is 4.04.